The summed E-state index contributed by atoms with van der Waals surface area (Å²) >= 11 is 0. The Balaban J connectivity index is 1.43. The Morgan fingerprint density at radius 1 is 0.857 bits per heavy atom. The van der Waals surface area contributed by atoms with Crippen LogP contribution in [0.2, 0.25) is 0 Å². The van der Waals surface area contributed by atoms with E-state index in [9.17, 15) is 4.79 Å². The number of pyridine rings is 1. The Bertz CT molecular complexity index is 1290. The first-order valence-electron chi connectivity index (χ1n) is 11.5. The summed E-state index contributed by atoms with van der Waals surface area (Å²) in [6.45, 7) is 4.96. The van der Waals surface area contributed by atoms with Crippen LogP contribution in [0, 0.1) is 6.92 Å². The molecule has 0 radical (unpaired) electrons. The smallest absolute Gasteiger partial charge is 0.323 e. The Kier molecular flexibility index (Phi) is 6.63. The van der Waals surface area contributed by atoms with Gasteiger partial charge in [-0.2, -0.15) is 0 Å². The summed E-state index contributed by atoms with van der Waals surface area (Å²) in [5.41, 5.74) is 5.08. The molecule has 3 heterocycles. The lowest BCUT2D eigenvalue weighted by atomic mass is 10.1. The summed E-state index contributed by atoms with van der Waals surface area (Å²) in [5.74, 6) is 1.53. The van der Waals surface area contributed by atoms with Gasteiger partial charge in [-0.25, -0.2) is 14.8 Å². The lowest BCUT2D eigenvalue weighted by Crippen LogP contribution is -2.37. The van der Waals surface area contributed by atoms with E-state index in [1.807, 2.05) is 72.9 Å². The van der Waals surface area contributed by atoms with Gasteiger partial charge in [0.05, 0.1) is 18.9 Å². The third-order valence-corrected chi connectivity index (χ3v) is 5.80. The molecule has 8 nitrogen and oxygen atoms in total. The minimum absolute atomic E-state index is 0.302. The van der Waals surface area contributed by atoms with E-state index in [0.717, 1.165) is 47.0 Å². The number of hydrogen-bond donors (Lipinski definition) is 2. The summed E-state index contributed by atoms with van der Waals surface area (Å²) in [6, 6.07) is 20.5. The molecule has 176 valence electrons. The highest BCUT2D eigenvalue weighted by molar-refractivity contribution is 5.99. The van der Waals surface area contributed by atoms with Crippen molar-refractivity contribution in [3.63, 3.8) is 0 Å². The zero-order valence-corrected chi connectivity index (χ0v) is 19.4. The number of morpholine rings is 1. The van der Waals surface area contributed by atoms with Gasteiger partial charge in [-0.3, -0.25) is 4.98 Å². The number of amides is 2. The van der Waals surface area contributed by atoms with Crippen molar-refractivity contribution < 1.29 is 9.53 Å². The molecule has 2 aromatic heterocycles. The zero-order valence-electron chi connectivity index (χ0n) is 19.4. The molecule has 0 aliphatic carbocycles. The van der Waals surface area contributed by atoms with E-state index in [1.165, 1.54) is 0 Å². The predicted octanol–water partition coefficient (Wildman–Crippen LogP) is 4.99. The van der Waals surface area contributed by atoms with E-state index >= 15 is 0 Å². The molecule has 0 saturated carbocycles. The van der Waals surface area contributed by atoms with Gasteiger partial charge in [0.15, 0.2) is 5.82 Å². The Hall–Kier alpha value is -4.30. The van der Waals surface area contributed by atoms with Crippen molar-refractivity contribution in [2.45, 2.75) is 6.92 Å². The van der Waals surface area contributed by atoms with Crippen molar-refractivity contribution in [1.82, 2.24) is 15.0 Å². The van der Waals surface area contributed by atoms with E-state index in [2.05, 4.69) is 27.4 Å². The number of carbonyl (C=O) groups is 1. The normalized spacial score (nSPS) is 13.3. The van der Waals surface area contributed by atoms with Crippen LogP contribution in [-0.2, 0) is 4.74 Å². The van der Waals surface area contributed by atoms with Crippen LogP contribution in [0.5, 0.6) is 0 Å². The number of benzene rings is 2. The first-order valence-corrected chi connectivity index (χ1v) is 11.5. The van der Waals surface area contributed by atoms with Gasteiger partial charge in [-0.1, -0.05) is 18.2 Å². The summed E-state index contributed by atoms with van der Waals surface area (Å²) in [7, 11) is 0. The number of nitrogens with one attached hydrogen (secondary N) is 2. The lowest BCUT2D eigenvalue weighted by Gasteiger charge is -2.30. The first kappa shape index (κ1) is 22.5. The molecule has 2 amide bonds. The summed E-state index contributed by atoms with van der Waals surface area (Å²) in [6.07, 6.45) is 3.57. The molecule has 1 saturated heterocycles. The van der Waals surface area contributed by atoms with Crippen LogP contribution in [0.3, 0.4) is 0 Å². The Morgan fingerprint density at radius 2 is 1.57 bits per heavy atom. The molecule has 1 aliphatic rings. The van der Waals surface area contributed by atoms with Crippen LogP contribution in [0.4, 0.5) is 22.0 Å². The fraction of sp³-hybridized carbons (Fsp3) is 0.185. The molecule has 5 rings (SSSR count). The van der Waals surface area contributed by atoms with Gasteiger partial charge >= 0.3 is 6.03 Å². The molecule has 4 aromatic rings. The third-order valence-electron chi connectivity index (χ3n) is 5.80. The first-order chi connectivity index (χ1) is 17.2. The number of urea groups is 1. The van der Waals surface area contributed by atoms with Gasteiger partial charge in [0, 0.05) is 53.5 Å². The standard InChI is InChI=1S/C27H26N6O2/c1-19-24(21-6-5-13-28-18-21)31-25(32-26(19)33-14-16-35-17-15-33)20-9-11-23(12-10-20)30-27(34)29-22-7-3-2-4-8-22/h2-13,18H,14-17H2,1H3,(H2,29,30,34). The maximum atomic E-state index is 12.3. The van der Waals surface area contributed by atoms with Crippen LogP contribution in [0.1, 0.15) is 5.56 Å². The molecule has 0 atom stereocenters. The van der Waals surface area contributed by atoms with Gasteiger partial charge in [-0.05, 0) is 55.5 Å². The number of nitrogens with zero attached hydrogens (tertiary/aromatic N) is 4. The van der Waals surface area contributed by atoms with E-state index in [-0.39, 0.29) is 6.03 Å². The van der Waals surface area contributed by atoms with Crippen molar-refractivity contribution in [3.8, 4) is 22.6 Å². The SMILES string of the molecule is Cc1c(-c2cccnc2)nc(-c2ccc(NC(=O)Nc3ccccc3)cc2)nc1N1CCOCC1. The molecule has 35 heavy (non-hydrogen) atoms. The second-order valence-electron chi connectivity index (χ2n) is 8.21. The average molecular weight is 467 g/mol. The van der Waals surface area contributed by atoms with E-state index in [1.54, 1.807) is 6.20 Å². The largest absolute Gasteiger partial charge is 0.378 e. The molecule has 2 N–H and O–H groups in total. The number of aromatic nitrogens is 3. The summed E-state index contributed by atoms with van der Waals surface area (Å²) in [4.78, 5) is 28.7. The fourth-order valence-electron chi connectivity index (χ4n) is 4.02. The quantitative estimate of drug-likeness (QED) is 0.430. The highest BCUT2D eigenvalue weighted by Gasteiger charge is 2.20. The van der Waals surface area contributed by atoms with Crippen molar-refractivity contribution in [2.75, 3.05) is 41.8 Å². The number of carbonyl (C=O) groups excluding carboxylic acids is 1. The monoisotopic (exact) mass is 466 g/mol. The number of rotatable bonds is 5. The van der Waals surface area contributed by atoms with E-state index < -0.39 is 0 Å². The molecule has 0 spiro atoms. The van der Waals surface area contributed by atoms with Crippen LogP contribution in [0.15, 0.2) is 79.1 Å². The van der Waals surface area contributed by atoms with Gasteiger partial charge in [0.2, 0.25) is 0 Å². The van der Waals surface area contributed by atoms with Crippen molar-refractivity contribution in [1.29, 1.82) is 0 Å². The average Bonchev–Trinajstić information content (AvgIpc) is 2.91. The fourth-order valence-corrected chi connectivity index (χ4v) is 4.02. The zero-order chi connectivity index (χ0) is 24.0. The minimum atomic E-state index is -0.302. The minimum Gasteiger partial charge on any atom is -0.378 e. The second-order valence-corrected chi connectivity index (χ2v) is 8.21. The Labute approximate surface area is 204 Å². The molecular weight excluding hydrogens is 440 g/mol. The summed E-state index contributed by atoms with van der Waals surface area (Å²) in [5, 5.41) is 5.67. The maximum absolute atomic E-state index is 12.3. The number of para-hydroxylation sites is 1. The van der Waals surface area contributed by atoms with Crippen molar-refractivity contribution in [2.24, 2.45) is 0 Å². The molecule has 2 aromatic carbocycles. The topological polar surface area (TPSA) is 92.3 Å². The number of anilines is 3. The predicted molar refractivity (Wildman–Crippen MR) is 138 cm³/mol. The molecule has 0 bridgehead atoms. The van der Waals surface area contributed by atoms with Crippen molar-refractivity contribution >= 4 is 23.2 Å². The van der Waals surface area contributed by atoms with Crippen LogP contribution in [-0.4, -0.2) is 47.3 Å². The number of hydrogen-bond acceptors (Lipinski definition) is 6. The van der Waals surface area contributed by atoms with Crippen LogP contribution in [0.25, 0.3) is 22.6 Å². The number of ether oxygens (including phenoxy) is 1. The van der Waals surface area contributed by atoms with Gasteiger partial charge in [0.1, 0.15) is 5.82 Å². The molecule has 0 unspecified atom stereocenters. The molecule has 1 fully saturated rings. The maximum Gasteiger partial charge on any atom is 0.323 e. The third kappa shape index (κ3) is 5.28. The van der Waals surface area contributed by atoms with E-state index in [4.69, 9.17) is 14.7 Å². The Morgan fingerprint density at radius 3 is 2.26 bits per heavy atom. The molecule has 1 aliphatic heterocycles. The van der Waals surface area contributed by atoms with Gasteiger partial charge in [0.25, 0.3) is 0 Å². The van der Waals surface area contributed by atoms with E-state index in [0.29, 0.717) is 24.7 Å². The molecule has 8 heteroatoms. The van der Waals surface area contributed by atoms with Gasteiger partial charge < -0.3 is 20.3 Å². The van der Waals surface area contributed by atoms with Crippen LogP contribution >= 0.6 is 0 Å². The highest BCUT2D eigenvalue weighted by Crippen LogP contribution is 2.31. The molecular formula is C27H26N6O2. The van der Waals surface area contributed by atoms with Crippen molar-refractivity contribution in [3.05, 3.63) is 84.7 Å². The summed E-state index contributed by atoms with van der Waals surface area (Å²) < 4.78 is 5.54. The highest BCUT2D eigenvalue weighted by atomic mass is 16.5. The van der Waals surface area contributed by atoms with Gasteiger partial charge in [-0.15, -0.1) is 0 Å². The lowest BCUT2D eigenvalue weighted by molar-refractivity contribution is 0.122. The second kappa shape index (κ2) is 10.3. The van der Waals surface area contributed by atoms with Crippen LogP contribution < -0.4 is 15.5 Å².